The molecule has 0 radical (unpaired) electrons. The lowest BCUT2D eigenvalue weighted by Gasteiger charge is -2.33. The number of fused-ring (bicyclic) bond motifs is 1. The maximum Gasteiger partial charge on any atom is 0.460 e. The molecular formula is C17H14F9IS. The minimum atomic E-state index is -6.90. The van der Waals surface area contributed by atoms with Gasteiger partial charge >= 0.3 is 23.9 Å². The highest BCUT2D eigenvalue weighted by molar-refractivity contribution is 14.1. The van der Waals surface area contributed by atoms with Gasteiger partial charge in [0.1, 0.15) is 0 Å². The lowest BCUT2D eigenvalue weighted by Crippen LogP contribution is -2.60. The number of thioether (sulfide) groups is 1. The Kier molecular flexibility index (Phi) is 6.16. The zero-order chi connectivity index (χ0) is 21.8. The maximum atomic E-state index is 13.8. The average molecular weight is 548 g/mol. The van der Waals surface area contributed by atoms with Gasteiger partial charge in [-0.25, -0.2) is 0 Å². The first-order valence-electron chi connectivity index (χ1n) is 7.80. The van der Waals surface area contributed by atoms with Gasteiger partial charge in [0.25, 0.3) is 0 Å². The quantitative estimate of drug-likeness (QED) is 0.275. The molecule has 1 aliphatic heterocycles. The van der Waals surface area contributed by atoms with Crippen LogP contribution in [0.1, 0.15) is 31.4 Å². The van der Waals surface area contributed by atoms with E-state index in [4.69, 9.17) is 0 Å². The third-order valence-electron chi connectivity index (χ3n) is 4.45. The Labute approximate surface area is 173 Å². The molecule has 0 aliphatic carbocycles. The van der Waals surface area contributed by atoms with Gasteiger partial charge in [0.05, 0.1) is 0 Å². The van der Waals surface area contributed by atoms with Crippen LogP contribution in [0.5, 0.6) is 0 Å². The largest absolute Gasteiger partial charge is 0.460 e. The van der Waals surface area contributed by atoms with Crippen LogP contribution < -0.4 is 0 Å². The van der Waals surface area contributed by atoms with E-state index in [1.807, 2.05) is 13.8 Å². The van der Waals surface area contributed by atoms with Crippen molar-refractivity contribution in [2.45, 2.75) is 54.5 Å². The van der Waals surface area contributed by atoms with Gasteiger partial charge < -0.3 is 0 Å². The number of allylic oxidation sites excluding steroid dienone is 1. The van der Waals surface area contributed by atoms with Crippen molar-refractivity contribution < 1.29 is 39.5 Å². The molecule has 28 heavy (non-hydrogen) atoms. The number of hydrogen-bond donors (Lipinski definition) is 0. The van der Waals surface area contributed by atoms with E-state index >= 15 is 0 Å². The van der Waals surface area contributed by atoms with Crippen LogP contribution in [0, 0.1) is 0 Å². The van der Waals surface area contributed by atoms with Crippen molar-refractivity contribution in [3.63, 3.8) is 0 Å². The first kappa shape index (κ1) is 23.7. The molecule has 0 saturated heterocycles. The second-order valence-corrected chi connectivity index (χ2v) is 9.25. The Morgan fingerprint density at radius 3 is 2.11 bits per heavy atom. The molecule has 2 rings (SSSR count). The maximum absolute atomic E-state index is 13.8. The van der Waals surface area contributed by atoms with Gasteiger partial charge in [0.15, 0.2) is 0 Å². The Morgan fingerprint density at radius 2 is 1.57 bits per heavy atom. The highest BCUT2D eigenvalue weighted by Crippen LogP contribution is 2.54. The minimum Gasteiger partial charge on any atom is -0.195 e. The van der Waals surface area contributed by atoms with Gasteiger partial charge in [-0.3, -0.25) is 0 Å². The fourth-order valence-corrected chi connectivity index (χ4v) is 4.82. The van der Waals surface area contributed by atoms with Crippen molar-refractivity contribution in [2.75, 3.05) is 5.75 Å². The molecule has 0 fully saturated rings. The summed E-state index contributed by atoms with van der Waals surface area (Å²) in [5.74, 6) is -18.5. The van der Waals surface area contributed by atoms with E-state index < -0.39 is 33.6 Å². The van der Waals surface area contributed by atoms with Crippen LogP contribution in [0.2, 0.25) is 0 Å². The molecule has 0 N–H and O–H groups in total. The molecule has 0 bridgehead atoms. The molecule has 0 amide bonds. The smallest absolute Gasteiger partial charge is 0.195 e. The zero-order valence-corrected chi connectivity index (χ0v) is 17.4. The fourth-order valence-electron chi connectivity index (χ4n) is 2.60. The molecule has 1 aromatic rings. The summed E-state index contributed by atoms with van der Waals surface area (Å²) in [7, 11) is 0. The van der Waals surface area contributed by atoms with Crippen LogP contribution in [-0.2, 0) is 5.41 Å². The summed E-state index contributed by atoms with van der Waals surface area (Å²) in [6.07, 6.45) is -6.61. The molecule has 11 heteroatoms. The highest BCUT2D eigenvalue weighted by Gasteiger charge is 2.81. The van der Waals surface area contributed by atoms with E-state index in [1.165, 1.54) is 46.5 Å². The van der Waals surface area contributed by atoms with E-state index in [9.17, 15) is 39.5 Å². The molecule has 0 saturated carbocycles. The monoisotopic (exact) mass is 548 g/mol. The van der Waals surface area contributed by atoms with E-state index in [0.717, 1.165) is 22.6 Å². The SMILES string of the molecule is CC1(C)CCSc2ccc(/C(I)=C\C(F)(F)C(F)(F)C(F)(F)C(F)(F)F)cc21. The Morgan fingerprint density at radius 1 is 1.00 bits per heavy atom. The Hall–Kier alpha value is -0.590. The molecule has 0 atom stereocenters. The van der Waals surface area contributed by atoms with Gasteiger partial charge in [-0.05, 0) is 63.4 Å². The van der Waals surface area contributed by atoms with Crippen LogP contribution in [0.25, 0.3) is 3.58 Å². The average Bonchev–Trinajstić information content (AvgIpc) is 2.52. The highest BCUT2D eigenvalue weighted by atomic mass is 127. The number of hydrogen-bond acceptors (Lipinski definition) is 1. The summed E-state index contributed by atoms with van der Waals surface area (Å²) in [5, 5.41) is 0. The van der Waals surface area contributed by atoms with E-state index in [0.29, 0.717) is 0 Å². The first-order chi connectivity index (χ1) is 12.4. The van der Waals surface area contributed by atoms with Crippen molar-refractivity contribution in [3.05, 3.63) is 35.4 Å². The predicted molar refractivity (Wildman–Crippen MR) is 97.7 cm³/mol. The van der Waals surface area contributed by atoms with E-state index in [2.05, 4.69) is 0 Å². The lowest BCUT2D eigenvalue weighted by atomic mass is 9.81. The van der Waals surface area contributed by atoms with E-state index in [-0.39, 0.29) is 11.0 Å². The molecule has 158 valence electrons. The zero-order valence-electron chi connectivity index (χ0n) is 14.4. The van der Waals surface area contributed by atoms with Crippen LogP contribution in [0.4, 0.5) is 39.5 Å². The van der Waals surface area contributed by atoms with Gasteiger partial charge in [-0.15, -0.1) is 11.8 Å². The summed E-state index contributed by atoms with van der Waals surface area (Å²) >= 11 is 2.74. The molecule has 0 spiro atoms. The summed E-state index contributed by atoms with van der Waals surface area (Å²) in [4.78, 5) is 0.866. The third-order valence-corrected chi connectivity index (χ3v) is 6.46. The third kappa shape index (κ3) is 4.01. The summed E-state index contributed by atoms with van der Waals surface area (Å²) in [5.41, 5.74) is 0.462. The summed E-state index contributed by atoms with van der Waals surface area (Å²) in [6, 6.07) is 4.39. The van der Waals surface area contributed by atoms with Gasteiger partial charge in [-0.1, -0.05) is 19.9 Å². The number of benzene rings is 1. The van der Waals surface area contributed by atoms with Gasteiger partial charge in [0.2, 0.25) is 0 Å². The molecule has 1 aromatic carbocycles. The van der Waals surface area contributed by atoms with Crippen LogP contribution >= 0.6 is 34.4 Å². The van der Waals surface area contributed by atoms with Crippen LogP contribution in [0.3, 0.4) is 0 Å². The second kappa shape index (κ2) is 7.28. The Balaban J connectivity index is 2.47. The fraction of sp³-hybridized carbons (Fsp3) is 0.529. The van der Waals surface area contributed by atoms with Gasteiger partial charge in [-0.2, -0.15) is 39.5 Å². The molecule has 1 aliphatic rings. The molecule has 0 aromatic heterocycles. The lowest BCUT2D eigenvalue weighted by molar-refractivity contribution is -0.388. The number of halogens is 10. The molecule has 0 unspecified atom stereocenters. The van der Waals surface area contributed by atoms with Crippen molar-refractivity contribution >= 4 is 37.9 Å². The Bertz CT molecular complexity index is 781. The van der Waals surface area contributed by atoms with Crippen LogP contribution in [-0.4, -0.2) is 29.7 Å². The van der Waals surface area contributed by atoms with Crippen LogP contribution in [0.15, 0.2) is 29.2 Å². The molecular weight excluding hydrogens is 534 g/mol. The summed E-state index contributed by atoms with van der Waals surface area (Å²) in [6.45, 7) is 3.80. The number of rotatable bonds is 4. The standard InChI is InChI=1S/C17H14F9IS/c1-13(2)5-6-28-12-4-3-9(7-10(12)13)11(27)8-14(18,19)15(20,21)16(22,23)17(24,25)26/h3-4,7-8H,5-6H2,1-2H3/b11-8+. The predicted octanol–water partition coefficient (Wildman–Crippen LogP) is 7.70. The van der Waals surface area contributed by atoms with Crippen molar-refractivity contribution in [1.82, 2.24) is 0 Å². The van der Waals surface area contributed by atoms with Crippen molar-refractivity contribution in [1.29, 1.82) is 0 Å². The minimum absolute atomic E-state index is 0.0284. The molecule has 0 nitrogen and oxygen atoms in total. The topological polar surface area (TPSA) is 0 Å². The molecule has 1 heterocycles. The second-order valence-electron chi connectivity index (χ2n) is 6.96. The first-order valence-corrected chi connectivity index (χ1v) is 9.87. The normalized spacial score (nSPS) is 18.8. The number of alkyl halides is 9. The van der Waals surface area contributed by atoms with Crippen molar-refractivity contribution in [2.24, 2.45) is 0 Å². The summed E-state index contributed by atoms with van der Waals surface area (Å²) < 4.78 is 117. The van der Waals surface area contributed by atoms with Crippen molar-refractivity contribution in [3.8, 4) is 0 Å². The van der Waals surface area contributed by atoms with Gasteiger partial charge in [0, 0.05) is 14.6 Å². The van der Waals surface area contributed by atoms with E-state index in [1.54, 1.807) is 6.07 Å².